The van der Waals surface area contributed by atoms with Crippen LogP contribution in [0, 0.1) is 5.92 Å². The Hall–Kier alpha value is -4.34. The van der Waals surface area contributed by atoms with Gasteiger partial charge in [0.05, 0.1) is 19.1 Å². The van der Waals surface area contributed by atoms with E-state index in [9.17, 15) is 24.3 Å². The van der Waals surface area contributed by atoms with E-state index in [1.807, 2.05) is 26.0 Å². The van der Waals surface area contributed by atoms with Crippen LogP contribution in [-0.2, 0) is 14.9 Å². The summed E-state index contributed by atoms with van der Waals surface area (Å²) < 4.78 is 5.63. The summed E-state index contributed by atoms with van der Waals surface area (Å²) >= 11 is 0. The first-order chi connectivity index (χ1) is 20.5. The van der Waals surface area contributed by atoms with Crippen LogP contribution in [-0.4, -0.2) is 74.6 Å². The van der Waals surface area contributed by atoms with Crippen LogP contribution >= 0.6 is 0 Å². The van der Waals surface area contributed by atoms with Gasteiger partial charge in [-0.3, -0.25) is 14.4 Å². The van der Waals surface area contributed by atoms with Crippen LogP contribution in [0.3, 0.4) is 0 Å². The van der Waals surface area contributed by atoms with Crippen molar-refractivity contribution in [3.05, 3.63) is 82.7 Å². The van der Waals surface area contributed by atoms with Gasteiger partial charge in [0.1, 0.15) is 23.1 Å². The van der Waals surface area contributed by atoms with Gasteiger partial charge >= 0.3 is 6.09 Å². The number of amides is 4. The minimum absolute atomic E-state index is 0.00297. The van der Waals surface area contributed by atoms with Crippen LogP contribution in [0.25, 0.3) is 0 Å². The number of hydrogen-bond donors (Lipinski definition) is 2. The molecule has 10 nitrogen and oxygen atoms in total. The summed E-state index contributed by atoms with van der Waals surface area (Å²) in [7, 11) is 0. The topological polar surface area (TPSA) is 119 Å². The zero-order valence-electron chi connectivity index (χ0n) is 26.9. The van der Waals surface area contributed by atoms with E-state index in [0.717, 1.165) is 15.6 Å². The monoisotopic (exact) mass is 604 g/mol. The molecule has 1 fully saturated rings. The van der Waals surface area contributed by atoms with E-state index in [4.69, 9.17) is 4.74 Å². The van der Waals surface area contributed by atoms with Crippen molar-refractivity contribution in [2.24, 2.45) is 5.92 Å². The summed E-state index contributed by atoms with van der Waals surface area (Å²) in [5.41, 5.74) is 1.04. The zero-order chi connectivity index (χ0) is 32.6. The molecule has 4 amide bonds. The molecule has 44 heavy (non-hydrogen) atoms. The number of nitrogens with one attached hydrogen (secondary N) is 1. The molecule has 10 heteroatoms. The highest BCUT2D eigenvalue weighted by Gasteiger charge is 2.53. The normalized spacial score (nSPS) is 17.6. The average molecular weight is 605 g/mol. The number of nitrogens with zero attached hydrogens (tertiary/aromatic N) is 3. The molecule has 1 unspecified atom stereocenters. The predicted octanol–water partition coefficient (Wildman–Crippen LogP) is 5.42. The van der Waals surface area contributed by atoms with E-state index < -0.39 is 35.6 Å². The van der Waals surface area contributed by atoms with Crippen LogP contribution in [0.1, 0.15) is 88.1 Å². The maximum absolute atomic E-state index is 14.4. The zero-order valence-corrected chi connectivity index (χ0v) is 26.9. The molecule has 1 saturated heterocycles. The van der Waals surface area contributed by atoms with Crippen LogP contribution in [0.15, 0.2) is 66.1 Å². The van der Waals surface area contributed by atoms with Crippen molar-refractivity contribution in [3.8, 4) is 0 Å². The number of hydrogen-bond acceptors (Lipinski definition) is 6. The lowest BCUT2D eigenvalue weighted by atomic mass is 9.86. The molecule has 0 radical (unpaired) electrons. The van der Waals surface area contributed by atoms with Crippen molar-refractivity contribution in [1.29, 1.82) is 0 Å². The second-order valence-electron chi connectivity index (χ2n) is 13.8. The Kier molecular flexibility index (Phi) is 9.13. The van der Waals surface area contributed by atoms with Crippen molar-refractivity contribution < 1.29 is 29.0 Å². The number of aliphatic hydroxyl groups excluding tert-OH is 1. The SMILES string of the molecule is CC(C)C[C@H](NC(=O)c1ccc(C(C)(C)C)cc1)C(=O)N1C2=C(O)CN(C(=O)c3ccccc3)C2CN1C(=O)OC(C)(C)C. The third kappa shape index (κ3) is 7.06. The molecule has 4 rings (SSSR count). The predicted molar refractivity (Wildman–Crippen MR) is 167 cm³/mol. The first-order valence-corrected chi connectivity index (χ1v) is 15.0. The molecule has 0 aromatic heterocycles. The third-order valence-corrected chi connectivity index (χ3v) is 7.54. The van der Waals surface area contributed by atoms with Gasteiger partial charge in [-0.05, 0) is 68.4 Å². The van der Waals surface area contributed by atoms with E-state index in [1.54, 1.807) is 63.2 Å². The number of aliphatic hydroxyl groups is 1. The van der Waals surface area contributed by atoms with Crippen LogP contribution in [0.2, 0.25) is 0 Å². The number of fused-ring (bicyclic) bond motifs is 1. The van der Waals surface area contributed by atoms with E-state index in [2.05, 4.69) is 26.1 Å². The fraction of sp³-hybridized carbons (Fsp3) is 0.471. The Morgan fingerprint density at radius 3 is 2.09 bits per heavy atom. The van der Waals surface area contributed by atoms with Crippen LogP contribution in [0.5, 0.6) is 0 Å². The van der Waals surface area contributed by atoms with Crippen molar-refractivity contribution >= 4 is 23.8 Å². The number of ether oxygens (including phenoxy) is 1. The number of carbonyl (C=O) groups excluding carboxylic acids is 4. The highest BCUT2D eigenvalue weighted by molar-refractivity contribution is 5.99. The van der Waals surface area contributed by atoms with Crippen LogP contribution < -0.4 is 5.32 Å². The van der Waals surface area contributed by atoms with Gasteiger partial charge in [0, 0.05) is 11.1 Å². The smallest absolute Gasteiger partial charge is 0.429 e. The highest BCUT2D eigenvalue weighted by atomic mass is 16.6. The van der Waals surface area contributed by atoms with Crippen molar-refractivity contribution in [2.45, 2.75) is 84.9 Å². The van der Waals surface area contributed by atoms with E-state index in [0.29, 0.717) is 11.1 Å². The van der Waals surface area contributed by atoms with Gasteiger partial charge in [0.15, 0.2) is 0 Å². The molecule has 2 aromatic rings. The summed E-state index contributed by atoms with van der Waals surface area (Å²) in [4.78, 5) is 56.2. The minimum atomic E-state index is -1.03. The average Bonchev–Trinajstić information content (AvgIpc) is 3.48. The summed E-state index contributed by atoms with van der Waals surface area (Å²) in [6.45, 7) is 15.0. The molecule has 2 N–H and O–H groups in total. The Bertz CT molecular complexity index is 1440. The molecule has 236 valence electrons. The first kappa shape index (κ1) is 32.6. The quantitative estimate of drug-likeness (QED) is 0.455. The number of rotatable bonds is 6. The summed E-state index contributed by atoms with van der Waals surface area (Å²) in [6.07, 6.45) is -0.533. The second-order valence-corrected chi connectivity index (χ2v) is 13.8. The summed E-state index contributed by atoms with van der Waals surface area (Å²) in [6, 6.07) is 14.0. The van der Waals surface area contributed by atoms with Crippen molar-refractivity contribution in [2.75, 3.05) is 13.1 Å². The molecule has 0 bridgehead atoms. The van der Waals surface area contributed by atoms with Gasteiger partial charge in [-0.1, -0.05) is 65.0 Å². The lowest BCUT2D eigenvalue weighted by Gasteiger charge is -2.33. The van der Waals surface area contributed by atoms with Crippen molar-refractivity contribution in [1.82, 2.24) is 20.2 Å². The number of carbonyl (C=O) groups is 4. The van der Waals surface area contributed by atoms with Gasteiger partial charge in [0.25, 0.3) is 17.7 Å². The highest BCUT2D eigenvalue weighted by Crippen LogP contribution is 2.37. The van der Waals surface area contributed by atoms with Gasteiger partial charge in [0.2, 0.25) is 0 Å². The fourth-order valence-electron chi connectivity index (χ4n) is 5.39. The summed E-state index contributed by atoms with van der Waals surface area (Å²) in [5, 5.41) is 16.2. The van der Waals surface area contributed by atoms with E-state index >= 15 is 0 Å². The molecule has 2 heterocycles. The number of benzene rings is 2. The Balaban J connectivity index is 1.67. The molecule has 0 spiro atoms. The maximum Gasteiger partial charge on any atom is 0.429 e. The third-order valence-electron chi connectivity index (χ3n) is 7.54. The standard InChI is InChI=1S/C34H44N4O6/c1-21(2)18-25(35-29(40)22-14-16-24(17-15-22)33(3,4)5)31(42)38-28-26(19-37(38)32(43)44-34(6,7)8)36(20-27(28)39)30(41)23-12-10-9-11-13-23/h9-17,21,25-26,39H,18-20H2,1-8H3,(H,35,40)/t25-,26?/m0/s1. The van der Waals surface area contributed by atoms with Gasteiger partial charge < -0.3 is 20.1 Å². The van der Waals surface area contributed by atoms with Gasteiger partial charge in [-0.2, -0.15) is 0 Å². The lowest BCUT2D eigenvalue weighted by Crippen LogP contribution is -2.54. The molecule has 0 saturated carbocycles. The molecule has 2 aliphatic rings. The molecule has 2 aromatic carbocycles. The fourth-order valence-corrected chi connectivity index (χ4v) is 5.39. The Labute approximate surface area is 259 Å². The Morgan fingerprint density at radius 1 is 0.932 bits per heavy atom. The summed E-state index contributed by atoms with van der Waals surface area (Å²) in [5.74, 6) is -1.59. The first-order valence-electron chi connectivity index (χ1n) is 15.0. The van der Waals surface area contributed by atoms with Gasteiger partial charge in [-0.25, -0.2) is 14.8 Å². The van der Waals surface area contributed by atoms with Crippen molar-refractivity contribution in [3.63, 3.8) is 0 Å². The van der Waals surface area contributed by atoms with Crippen LogP contribution in [0.4, 0.5) is 4.79 Å². The molecule has 0 aliphatic carbocycles. The molecular formula is C34H44N4O6. The molecule has 2 atom stereocenters. The second kappa shape index (κ2) is 12.3. The molecule has 2 aliphatic heterocycles. The minimum Gasteiger partial charge on any atom is -0.508 e. The molecular weight excluding hydrogens is 560 g/mol. The van der Waals surface area contributed by atoms with E-state index in [-0.39, 0.29) is 48.2 Å². The lowest BCUT2D eigenvalue weighted by molar-refractivity contribution is -0.142. The number of hydrazine groups is 1. The van der Waals surface area contributed by atoms with Gasteiger partial charge in [-0.15, -0.1) is 0 Å². The van der Waals surface area contributed by atoms with E-state index in [1.165, 1.54) is 4.90 Å². The largest absolute Gasteiger partial charge is 0.508 e. The Morgan fingerprint density at radius 2 is 1.55 bits per heavy atom. The maximum atomic E-state index is 14.4.